The molecule has 1 aliphatic heterocycles. The lowest BCUT2D eigenvalue weighted by molar-refractivity contribution is -0.601. The molecular weight excluding hydrogens is 294 g/mol. The number of rotatable bonds is 2. The molecule has 2 unspecified atom stereocenters. The van der Waals surface area contributed by atoms with E-state index in [1.54, 1.807) is 0 Å². The second kappa shape index (κ2) is 6.90. The Bertz CT molecular complexity index is 627. The number of fused-ring (bicyclic) bond motifs is 1. The van der Waals surface area contributed by atoms with Crippen molar-refractivity contribution in [3.05, 3.63) is 28.8 Å². The van der Waals surface area contributed by atoms with E-state index in [4.69, 9.17) is 4.74 Å². The van der Waals surface area contributed by atoms with Crippen molar-refractivity contribution < 1.29 is 9.31 Å². The second-order valence-electron chi connectivity index (χ2n) is 8.35. The molecule has 2 aliphatic carbocycles. The average Bonchev–Trinajstić information content (AvgIpc) is 2.61. The summed E-state index contributed by atoms with van der Waals surface area (Å²) in [4.78, 5) is 0. The third-order valence-corrected chi connectivity index (χ3v) is 6.49. The molecule has 4 rings (SSSR count). The highest BCUT2D eigenvalue weighted by atomic mass is 16.5. The van der Waals surface area contributed by atoms with Crippen molar-refractivity contribution >= 4 is 6.21 Å². The highest BCUT2D eigenvalue weighted by Crippen LogP contribution is 2.40. The summed E-state index contributed by atoms with van der Waals surface area (Å²) in [5.74, 6) is 2.68. The van der Waals surface area contributed by atoms with Gasteiger partial charge in [-0.05, 0) is 55.7 Å². The lowest BCUT2D eigenvalue weighted by atomic mass is 9.82. The fraction of sp³-hybridized carbons (Fsp3) is 0.682. The van der Waals surface area contributed by atoms with Crippen LogP contribution in [0.3, 0.4) is 0 Å². The SMILES string of the molecule is Cc1cc2c(c(C3CCCCC3)c1)OC[N+](C1CCCCC1C)=C2. The molecule has 2 saturated carbocycles. The molecule has 0 bridgehead atoms. The molecule has 24 heavy (non-hydrogen) atoms. The minimum Gasteiger partial charge on any atom is -0.435 e. The first kappa shape index (κ1) is 16.2. The van der Waals surface area contributed by atoms with Crippen LogP contribution in [0.15, 0.2) is 12.1 Å². The monoisotopic (exact) mass is 326 g/mol. The minimum atomic E-state index is 0.658. The molecule has 3 aliphatic rings. The summed E-state index contributed by atoms with van der Waals surface area (Å²) in [6, 6.07) is 5.37. The van der Waals surface area contributed by atoms with Crippen molar-refractivity contribution in [2.45, 2.75) is 83.6 Å². The molecular formula is C22H32NO+. The van der Waals surface area contributed by atoms with Gasteiger partial charge < -0.3 is 4.74 Å². The van der Waals surface area contributed by atoms with Crippen molar-refractivity contribution in [3.8, 4) is 5.75 Å². The summed E-state index contributed by atoms with van der Waals surface area (Å²) in [5.41, 5.74) is 4.18. The first-order chi connectivity index (χ1) is 11.7. The van der Waals surface area contributed by atoms with Gasteiger partial charge in [-0.3, -0.25) is 0 Å². The smallest absolute Gasteiger partial charge is 0.287 e. The van der Waals surface area contributed by atoms with E-state index in [0.29, 0.717) is 12.0 Å². The van der Waals surface area contributed by atoms with Crippen molar-refractivity contribution in [3.63, 3.8) is 0 Å². The zero-order valence-corrected chi connectivity index (χ0v) is 15.4. The minimum absolute atomic E-state index is 0.658. The van der Waals surface area contributed by atoms with Gasteiger partial charge in [0.2, 0.25) is 0 Å². The Hall–Kier alpha value is -1.31. The summed E-state index contributed by atoms with van der Waals surface area (Å²) < 4.78 is 8.85. The van der Waals surface area contributed by atoms with Crippen molar-refractivity contribution in [2.75, 3.05) is 6.73 Å². The lowest BCUT2D eigenvalue weighted by Gasteiger charge is -2.30. The summed E-state index contributed by atoms with van der Waals surface area (Å²) in [6.45, 7) is 5.39. The highest BCUT2D eigenvalue weighted by molar-refractivity contribution is 5.82. The van der Waals surface area contributed by atoms with E-state index in [9.17, 15) is 0 Å². The Balaban J connectivity index is 1.66. The normalized spacial score (nSPS) is 28.0. The van der Waals surface area contributed by atoms with Crippen LogP contribution in [0.5, 0.6) is 5.75 Å². The van der Waals surface area contributed by atoms with Crippen molar-refractivity contribution in [1.29, 1.82) is 0 Å². The molecule has 1 aromatic rings. The van der Waals surface area contributed by atoms with Gasteiger partial charge >= 0.3 is 0 Å². The first-order valence-corrected chi connectivity index (χ1v) is 10.1. The molecule has 1 aromatic carbocycles. The van der Waals surface area contributed by atoms with E-state index < -0.39 is 0 Å². The summed E-state index contributed by atoms with van der Waals surface area (Å²) in [6.07, 6.45) is 14.7. The summed E-state index contributed by atoms with van der Waals surface area (Å²) in [7, 11) is 0. The molecule has 0 N–H and O–H groups in total. The molecule has 2 heteroatoms. The van der Waals surface area contributed by atoms with Gasteiger partial charge in [0.05, 0.1) is 5.56 Å². The number of hydrogen-bond acceptors (Lipinski definition) is 1. The lowest BCUT2D eigenvalue weighted by Crippen LogP contribution is -2.39. The predicted octanol–water partition coefficient (Wildman–Crippen LogP) is 5.40. The molecule has 2 fully saturated rings. The number of nitrogens with zero attached hydrogens (tertiary/aromatic N) is 1. The molecule has 0 spiro atoms. The maximum atomic E-state index is 6.37. The highest BCUT2D eigenvalue weighted by Gasteiger charge is 2.34. The third-order valence-electron chi connectivity index (χ3n) is 6.49. The summed E-state index contributed by atoms with van der Waals surface area (Å²) in [5, 5.41) is 0. The standard InChI is InChI=1S/C22H32NO/c1-16-12-19-14-23(21-11-7-6-8-17(21)2)15-24-22(19)20(13-16)18-9-4-3-5-10-18/h12-14,17-18,21H,3-11,15H2,1-2H3/q+1. The number of hydrogen-bond donors (Lipinski definition) is 0. The Labute approximate surface area is 146 Å². The predicted molar refractivity (Wildman–Crippen MR) is 99.3 cm³/mol. The fourth-order valence-electron chi connectivity index (χ4n) is 5.15. The van der Waals surface area contributed by atoms with E-state index in [0.717, 1.165) is 12.6 Å². The Kier molecular flexibility index (Phi) is 4.65. The molecule has 0 amide bonds. The van der Waals surface area contributed by atoms with E-state index in [2.05, 4.69) is 36.8 Å². The number of ether oxygens (including phenoxy) is 1. The zero-order valence-electron chi connectivity index (χ0n) is 15.4. The number of aryl methyl sites for hydroxylation is 1. The van der Waals surface area contributed by atoms with E-state index >= 15 is 0 Å². The van der Waals surface area contributed by atoms with Crippen LogP contribution in [0.25, 0.3) is 0 Å². The van der Waals surface area contributed by atoms with Gasteiger partial charge in [0.25, 0.3) is 6.73 Å². The van der Waals surface area contributed by atoms with Crippen LogP contribution < -0.4 is 4.74 Å². The Morgan fingerprint density at radius 3 is 2.50 bits per heavy atom. The van der Waals surface area contributed by atoms with Gasteiger partial charge in [0, 0.05) is 12.3 Å². The largest absolute Gasteiger partial charge is 0.435 e. The van der Waals surface area contributed by atoms with Gasteiger partial charge in [-0.15, -0.1) is 0 Å². The van der Waals surface area contributed by atoms with E-state index in [1.165, 1.54) is 80.2 Å². The van der Waals surface area contributed by atoms with Crippen molar-refractivity contribution in [1.82, 2.24) is 0 Å². The molecule has 0 radical (unpaired) electrons. The molecule has 0 aromatic heterocycles. The van der Waals surface area contributed by atoms with Gasteiger partial charge in [-0.2, -0.15) is 4.58 Å². The van der Waals surface area contributed by atoms with E-state index in [-0.39, 0.29) is 0 Å². The topological polar surface area (TPSA) is 12.2 Å². The van der Waals surface area contributed by atoms with Gasteiger partial charge in [-0.25, -0.2) is 0 Å². The van der Waals surface area contributed by atoms with Gasteiger partial charge in [0.1, 0.15) is 5.75 Å². The van der Waals surface area contributed by atoms with Crippen LogP contribution in [0.4, 0.5) is 0 Å². The van der Waals surface area contributed by atoms with Crippen LogP contribution in [-0.4, -0.2) is 23.6 Å². The quantitative estimate of drug-likeness (QED) is 0.663. The van der Waals surface area contributed by atoms with Crippen molar-refractivity contribution in [2.24, 2.45) is 5.92 Å². The molecule has 1 heterocycles. The van der Waals surface area contributed by atoms with Crippen LogP contribution in [-0.2, 0) is 0 Å². The maximum absolute atomic E-state index is 6.37. The first-order valence-electron chi connectivity index (χ1n) is 10.1. The fourth-order valence-corrected chi connectivity index (χ4v) is 5.15. The molecule has 130 valence electrons. The third kappa shape index (κ3) is 3.12. The zero-order chi connectivity index (χ0) is 16.5. The van der Waals surface area contributed by atoms with Crippen LogP contribution in [0.2, 0.25) is 0 Å². The molecule has 0 saturated heterocycles. The van der Waals surface area contributed by atoms with E-state index in [1.807, 2.05) is 0 Å². The number of benzene rings is 1. The van der Waals surface area contributed by atoms with Crippen LogP contribution in [0.1, 0.15) is 87.3 Å². The van der Waals surface area contributed by atoms with Crippen LogP contribution >= 0.6 is 0 Å². The maximum Gasteiger partial charge on any atom is 0.287 e. The van der Waals surface area contributed by atoms with Gasteiger partial charge in [-0.1, -0.05) is 38.7 Å². The second-order valence-corrected chi connectivity index (χ2v) is 8.35. The summed E-state index contributed by atoms with van der Waals surface area (Å²) >= 11 is 0. The Morgan fingerprint density at radius 2 is 1.71 bits per heavy atom. The molecule has 2 nitrogen and oxygen atoms in total. The Morgan fingerprint density at radius 1 is 0.958 bits per heavy atom. The van der Waals surface area contributed by atoms with Gasteiger partial charge in [0.15, 0.2) is 12.3 Å². The van der Waals surface area contributed by atoms with Crippen LogP contribution in [0, 0.1) is 12.8 Å². The average molecular weight is 327 g/mol. The molecule has 2 atom stereocenters.